The van der Waals surface area contributed by atoms with E-state index in [0.717, 1.165) is 52.5 Å². The normalized spacial score (nSPS) is 12.4. The van der Waals surface area contributed by atoms with Gasteiger partial charge in [-0.1, -0.05) is 66.7 Å². The van der Waals surface area contributed by atoms with Crippen LogP contribution in [0.4, 0.5) is 5.69 Å². The van der Waals surface area contributed by atoms with Crippen LogP contribution >= 0.6 is 0 Å². The standard InChI is InChI=1S/C27H22N2O3/c30-25(29-22-14-6-4-11-19(22)18-9-2-1-3-10-18)17-32-27(31)26-20-12-5-7-15-23(20)28-24-16-8-13-21(24)26/h1-7,9-12,14-15H,8,13,16-17H2,(H,29,30). The average Bonchev–Trinajstić information content (AvgIpc) is 3.30. The van der Waals surface area contributed by atoms with Crippen LogP contribution in [0.1, 0.15) is 28.0 Å². The number of pyridine rings is 1. The highest BCUT2D eigenvalue weighted by Crippen LogP contribution is 2.31. The van der Waals surface area contributed by atoms with Crippen molar-refractivity contribution < 1.29 is 14.3 Å². The molecule has 5 rings (SSSR count). The molecule has 1 aliphatic carbocycles. The number of aryl methyl sites for hydroxylation is 1. The zero-order valence-electron chi connectivity index (χ0n) is 17.5. The highest BCUT2D eigenvalue weighted by molar-refractivity contribution is 6.06. The molecule has 0 aliphatic heterocycles. The van der Waals surface area contributed by atoms with Crippen molar-refractivity contribution in [2.75, 3.05) is 11.9 Å². The molecule has 32 heavy (non-hydrogen) atoms. The number of esters is 1. The first-order valence-corrected chi connectivity index (χ1v) is 10.7. The fourth-order valence-corrected chi connectivity index (χ4v) is 4.30. The molecule has 1 aliphatic rings. The van der Waals surface area contributed by atoms with E-state index in [1.807, 2.05) is 78.9 Å². The Bertz CT molecular complexity index is 1320. The van der Waals surface area contributed by atoms with Crippen molar-refractivity contribution >= 4 is 28.5 Å². The molecule has 0 atom stereocenters. The topological polar surface area (TPSA) is 68.3 Å². The summed E-state index contributed by atoms with van der Waals surface area (Å²) in [4.78, 5) is 30.4. The first kappa shape index (κ1) is 19.9. The first-order chi connectivity index (χ1) is 15.7. The zero-order valence-corrected chi connectivity index (χ0v) is 17.5. The number of nitrogens with zero attached hydrogens (tertiary/aromatic N) is 1. The molecule has 3 aromatic carbocycles. The van der Waals surface area contributed by atoms with Gasteiger partial charge in [0.15, 0.2) is 6.61 Å². The van der Waals surface area contributed by atoms with Crippen LogP contribution in [0, 0.1) is 0 Å². The Morgan fingerprint density at radius 3 is 2.50 bits per heavy atom. The van der Waals surface area contributed by atoms with E-state index in [2.05, 4.69) is 5.32 Å². The monoisotopic (exact) mass is 422 g/mol. The molecular formula is C27H22N2O3. The zero-order chi connectivity index (χ0) is 21.9. The maximum atomic E-state index is 13.0. The molecule has 5 nitrogen and oxygen atoms in total. The Labute approximate surface area is 186 Å². The van der Waals surface area contributed by atoms with Gasteiger partial charge in [-0.25, -0.2) is 4.79 Å². The first-order valence-electron chi connectivity index (χ1n) is 10.7. The van der Waals surface area contributed by atoms with Crippen molar-refractivity contribution in [2.45, 2.75) is 19.3 Å². The van der Waals surface area contributed by atoms with Gasteiger partial charge in [0.05, 0.1) is 11.1 Å². The molecule has 0 unspecified atom stereocenters. The number of para-hydroxylation sites is 2. The van der Waals surface area contributed by atoms with E-state index in [1.165, 1.54) is 0 Å². The smallest absolute Gasteiger partial charge is 0.339 e. The average molecular weight is 422 g/mol. The van der Waals surface area contributed by atoms with E-state index in [0.29, 0.717) is 11.3 Å². The molecule has 0 radical (unpaired) electrons. The van der Waals surface area contributed by atoms with Crippen LogP contribution in [0.5, 0.6) is 0 Å². The van der Waals surface area contributed by atoms with Crippen molar-refractivity contribution in [1.82, 2.24) is 4.98 Å². The summed E-state index contributed by atoms with van der Waals surface area (Å²) in [5.74, 6) is -0.856. The molecule has 1 N–H and O–H groups in total. The predicted octanol–water partition coefficient (Wildman–Crippen LogP) is 5.19. The predicted molar refractivity (Wildman–Crippen MR) is 125 cm³/mol. The van der Waals surface area contributed by atoms with Gasteiger partial charge < -0.3 is 10.1 Å². The molecule has 1 heterocycles. The van der Waals surface area contributed by atoms with Gasteiger partial charge in [0.2, 0.25) is 0 Å². The summed E-state index contributed by atoms with van der Waals surface area (Å²) in [6.45, 7) is -0.354. The van der Waals surface area contributed by atoms with Crippen LogP contribution in [0.25, 0.3) is 22.0 Å². The van der Waals surface area contributed by atoms with E-state index in [9.17, 15) is 9.59 Å². The summed E-state index contributed by atoms with van der Waals surface area (Å²) < 4.78 is 5.46. The fraction of sp³-hybridized carbons (Fsp3) is 0.148. The highest BCUT2D eigenvalue weighted by atomic mass is 16.5. The summed E-state index contributed by atoms with van der Waals surface area (Å²) in [5, 5.41) is 3.65. The maximum absolute atomic E-state index is 13.0. The van der Waals surface area contributed by atoms with Gasteiger partial charge in [0.25, 0.3) is 5.91 Å². The van der Waals surface area contributed by atoms with Crippen molar-refractivity contribution in [3.63, 3.8) is 0 Å². The lowest BCUT2D eigenvalue weighted by Gasteiger charge is -2.13. The molecule has 0 saturated heterocycles. The van der Waals surface area contributed by atoms with Crippen LogP contribution in [-0.4, -0.2) is 23.5 Å². The fourth-order valence-electron chi connectivity index (χ4n) is 4.30. The number of aromatic nitrogens is 1. The van der Waals surface area contributed by atoms with Crippen molar-refractivity contribution in [2.24, 2.45) is 0 Å². The maximum Gasteiger partial charge on any atom is 0.339 e. The SMILES string of the molecule is O=C(COC(=O)c1c2c(nc3ccccc13)CCC2)Nc1ccccc1-c1ccccc1. The van der Waals surface area contributed by atoms with Crippen molar-refractivity contribution in [3.05, 3.63) is 95.7 Å². The molecule has 158 valence electrons. The van der Waals surface area contributed by atoms with Gasteiger partial charge in [0.1, 0.15) is 0 Å². The van der Waals surface area contributed by atoms with Gasteiger partial charge in [-0.15, -0.1) is 0 Å². The Balaban J connectivity index is 1.34. The lowest BCUT2D eigenvalue weighted by molar-refractivity contribution is -0.119. The number of anilines is 1. The molecule has 1 amide bonds. The molecular weight excluding hydrogens is 400 g/mol. The lowest BCUT2D eigenvalue weighted by atomic mass is 10.0. The Morgan fingerprint density at radius 1 is 0.875 bits per heavy atom. The van der Waals surface area contributed by atoms with Gasteiger partial charge in [0, 0.05) is 22.3 Å². The van der Waals surface area contributed by atoms with Crippen LogP contribution < -0.4 is 5.32 Å². The van der Waals surface area contributed by atoms with Gasteiger partial charge >= 0.3 is 5.97 Å². The summed E-state index contributed by atoms with van der Waals surface area (Å²) in [6.07, 6.45) is 2.63. The van der Waals surface area contributed by atoms with Crippen LogP contribution in [0.3, 0.4) is 0 Å². The second kappa shape index (κ2) is 8.63. The van der Waals surface area contributed by atoms with E-state index >= 15 is 0 Å². The Kier molecular flexibility index (Phi) is 5.38. The number of nitrogens with one attached hydrogen (secondary N) is 1. The third-order valence-corrected chi connectivity index (χ3v) is 5.74. The van der Waals surface area contributed by atoms with Crippen LogP contribution in [-0.2, 0) is 22.4 Å². The lowest BCUT2D eigenvalue weighted by Crippen LogP contribution is -2.22. The minimum Gasteiger partial charge on any atom is -0.452 e. The van der Waals surface area contributed by atoms with Gasteiger partial charge in [-0.2, -0.15) is 0 Å². The number of rotatable bonds is 5. The molecule has 0 fully saturated rings. The summed E-state index contributed by atoms with van der Waals surface area (Å²) in [7, 11) is 0. The molecule has 5 heteroatoms. The molecule has 1 aromatic heterocycles. The number of carbonyl (C=O) groups excluding carboxylic acids is 2. The number of hydrogen-bond acceptors (Lipinski definition) is 4. The van der Waals surface area contributed by atoms with Gasteiger partial charge in [-0.05, 0) is 42.5 Å². The summed E-state index contributed by atoms with van der Waals surface area (Å²) >= 11 is 0. The largest absolute Gasteiger partial charge is 0.452 e. The third kappa shape index (κ3) is 3.85. The van der Waals surface area contributed by atoms with E-state index in [4.69, 9.17) is 9.72 Å². The number of amides is 1. The second-order valence-corrected chi connectivity index (χ2v) is 7.82. The molecule has 0 saturated carbocycles. The van der Waals surface area contributed by atoms with Crippen LogP contribution in [0.15, 0.2) is 78.9 Å². The van der Waals surface area contributed by atoms with E-state index in [1.54, 1.807) is 0 Å². The Morgan fingerprint density at radius 2 is 1.62 bits per heavy atom. The van der Waals surface area contributed by atoms with Crippen LogP contribution in [0.2, 0.25) is 0 Å². The number of hydrogen-bond donors (Lipinski definition) is 1. The number of benzene rings is 3. The molecule has 4 aromatic rings. The molecule has 0 bridgehead atoms. The number of ether oxygens (including phenoxy) is 1. The minimum atomic E-state index is -0.478. The third-order valence-electron chi connectivity index (χ3n) is 5.74. The summed E-state index contributed by atoms with van der Waals surface area (Å²) in [5.41, 5.74) is 5.81. The number of carbonyl (C=O) groups is 2. The van der Waals surface area contributed by atoms with E-state index < -0.39 is 5.97 Å². The van der Waals surface area contributed by atoms with Gasteiger partial charge in [-0.3, -0.25) is 9.78 Å². The second-order valence-electron chi connectivity index (χ2n) is 7.82. The summed E-state index contributed by atoms with van der Waals surface area (Å²) in [6, 6.07) is 25.0. The van der Waals surface area contributed by atoms with E-state index in [-0.39, 0.29) is 12.5 Å². The highest BCUT2D eigenvalue weighted by Gasteiger charge is 2.25. The van der Waals surface area contributed by atoms with Crippen molar-refractivity contribution in [1.29, 1.82) is 0 Å². The number of fused-ring (bicyclic) bond motifs is 2. The van der Waals surface area contributed by atoms with Crippen molar-refractivity contribution in [3.8, 4) is 11.1 Å². The minimum absolute atomic E-state index is 0.354. The Hall–Kier alpha value is -3.99. The quantitative estimate of drug-likeness (QED) is 0.450. The molecule has 0 spiro atoms.